The van der Waals surface area contributed by atoms with Crippen molar-refractivity contribution in [1.82, 2.24) is 5.34 Å². The predicted octanol–water partition coefficient (Wildman–Crippen LogP) is -0.165. The van der Waals surface area contributed by atoms with E-state index in [-0.39, 0.29) is 5.92 Å². The van der Waals surface area contributed by atoms with Crippen LogP contribution in [0.5, 0.6) is 0 Å². The molecule has 10 heavy (non-hydrogen) atoms. The third-order valence-electron chi connectivity index (χ3n) is 1.62. The number of carbonyl (C=O) groups is 1. The molecular formula is C6H15BN2O. The summed E-state index contributed by atoms with van der Waals surface area (Å²) in [6.45, 7) is 3.82. The van der Waals surface area contributed by atoms with Gasteiger partial charge < -0.3 is 5.34 Å². The fourth-order valence-electron chi connectivity index (χ4n) is 0.809. The number of carbonyl (C=O) groups excluding carboxylic acids is 1. The van der Waals surface area contributed by atoms with E-state index in [0.717, 1.165) is 6.32 Å². The van der Waals surface area contributed by atoms with Gasteiger partial charge in [0.05, 0.1) is 0 Å². The van der Waals surface area contributed by atoms with E-state index in [1.54, 1.807) is 0 Å². The molecule has 0 heterocycles. The number of hydrogen-bond donors (Lipinski definition) is 2. The van der Waals surface area contributed by atoms with Gasteiger partial charge in [-0.05, 0) is 0 Å². The number of nitrogens with two attached hydrogens (primary N) is 1. The van der Waals surface area contributed by atoms with E-state index in [1.807, 2.05) is 13.8 Å². The Kier molecular flexibility index (Phi) is 5.25. The van der Waals surface area contributed by atoms with Gasteiger partial charge in [0.1, 0.15) is 5.78 Å². The number of Topliss-reactive ketones (excluding diaryl/α,β-unsaturated/α-hetero) is 1. The molecular weight excluding hydrogens is 127 g/mol. The summed E-state index contributed by atoms with van der Waals surface area (Å²) in [5, 5.41) is 2.53. The van der Waals surface area contributed by atoms with Crippen LogP contribution < -0.4 is 11.2 Å². The summed E-state index contributed by atoms with van der Waals surface area (Å²) in [4.78, 5) is 10.9. The Bertz CT molecular complexity index is 108. The normalized spacial score (nSPS) is 12.7. The number of nitrogens with one attached hydrogen (secondary N) is 1. The Hall–Kier alpha value is -0.345. The molecule has 0 unspecified atom stereocenters. The number of hydrogen-bond acceptors (Lipinski definition) is 3. The molecule has 0 rings (SSSR count). The van der Waals surface area contributed by atoms with E-state index >= 15 is 0 Å². The molecule has 1 atom stereocenters. The van der Waals surface area contributed by atoms with E-state index in [0.29, 0.717) is 19.6 Å². The van der Waals surface area contributed by atoms with Crippen LogP contribution in [0.3, 0.4) is 0 Å². The van der Waals surface area contributed by atoms with Gasteiger partial charge in [-0.25, -0.2) is 0 Å². The van der Waals surface area contributed by atoms with Gasteiger partial charge in [-0.15, -0.1) is 0 Å². The summed E-state index contributed by atoms with van der Waals surface area (Å²) in [5.74, 6) is 5.53. The smallest absolute Gasteiger partial charge is 0.219 e. The Balaban J connectivity index is 3.41. The van der Waals surface area contributed by atoms with E-state index in [1.165, 1.54) is 0 Å². The van der Waals surface area contributed by atoms with Crippen LogP contribution in [0.15, 0.2) is 0 Å². The fraction of sp³-hybridized carbons (Fsp3) is 0.833. The molecule has 0 spiro atoms. The highest BCUT2D eigenvalue weighted by Gasteiger charge is 2.09. The maximum absolute atomic E-state index is 10.9. The Morgan fingerprint density at radius 1 is 1.80 bits per heavy atom. The quantitative estimate of drug-likeness (QED) is 0.318. The monoisotopic (exact) mass is 142 g/mol. The van der Waals surface area contributed by atoms with E-state index in [9.17, 15) is 4.79 Å². The molecule has 0 amide bonds. The second-order valence-electron chi connectivity index (χ2n) is 2.46. The van der Waals surface area contributed by atoms with Crippen LogP contribution in [0.25, 0.3) is 0 Å². The molecule has 0 aromatic carbocycles. The molecule has 0 aliphatic heterocycles. The topological polar surface area (TPSA) is 55.1 Å². The summed E-state index contributed by atoms with van der Waals surface area (Å²) >= 11 is 0. The van der Waals surface area contributed by atoms with Crippen molar-refractivity contribution in [2.24, 2.45) is 11.8 Å². The first-order chi connectivity index (χ1) is 4.72. The van der Waals surface area contributed by atoms with Crippen molar-refractivity contribution in [1.29, 1.82) is 0 Å². The number of ketones is 1. The Labute approximate surface area is 62.6 Å². The summed E-state index contributed by atoms with van der Waals surface area (Å²) in [6, 6.07) is 0. The molecule has 0 saturated heterocycles. The van der Waals surface area contributed by atoms with Crippen molar-refractivity contribution in [2.45, 2.75) is 26.6 Å². The Morgan fingerprint density at radius 2 is 2.40 bits per heavy atom. The molecule has 3 N–H and O–H groups in total. The summed E-state index contributed by atoms with van der Waals surface area (Å²) < 4.78 is 0. The van der Waals surface area contributed by atoms with Crippen LogP contribution in [0.1, 0.15) is 20.3 Å². The first kappa shape index (κ1) is 9.65. The molecule has 0 saturated carbocycles. The summed E-state index contributed by atoms with van der Waals surface area (Å²) in [5.41, 5.74) is 0. The lowest BCUT2D eigenvalue weighted by Crippen LogP contribution is -2.28. The lowest BCUT2D eigenvalue weighted by molar-refractivity contribution is -0.121. The van der Waals surface area contributed by atoms with Crippen LogP contribution >= 0.6 is 0 Å². The largest absolute Gasteiger partial charge is 0.304 e. The first-order valence-corrected chi connectivity index (χ1v) is 3.68. The molecule has 3 nitrogen and oxygen atoms in total. The lowest BCUT2D eigenvalue weighted by atomic mass is 9.80. The standard InChI is InChI=1S/C6H15BN2O/c1-3-6(10)5(2)4-7-9-8/h5,7,9H,3-4,8H2,1-2H3/t5-/m1/s1. The minimum atomic E-state index is 0.154. The van der Waals surface area contributed by atoms with Crippen molar-refractivity contribution >= 4 is 13.2 Å². The molecule has 4 heteroatoms. The van der Waals surface area contributed by atoms with Crippen molar-refractivity contribution < 1.29 is 4.79 Å². The van der Waals surface area contributed by atoms with Gasteiger partial charge in [-0.1, -0.05) is 20.2 Å². The van der Waals surface area contributed by atoms with Gasteiger partial charge in [0.15, 0.2) is 0 Å². The zero-order chi connectivity index (χ0) is 7.98. The maximum atomic E-state index is 10.9. The SMILES string of the molecule is CCC(=O)[C@H](C)CBNN. The van der Waals surface area contributed by atoms with Crippen LogP contribution in [-0.2, 0) is 4.79 Å². The second-order valence-corrected chi connectivity index (χ2v) is 2.46. The maximum Gasteiger partial charge on any atom is 0.219 e. The third kappa shape index (κ3) is 3.64. The van der Waals surface area contributed by atoms with Gasteiger partial charge >= 0.3 is 0 Å². The third-order valence-corrected chi connectivity index (χ3v) is 1.62. The second kappa shape index (κ2) is 5.44. The summed E-state index contributed by atoms with van der Waals surface area (Å²) in [7, 11) is 0.715. The van der Waals surface area contributed by atoms with Crippen molar-refractivity contribution in [3.8, 4) is 0 Å². The molecule has 0 aliphatic carbocycles. The number of hydrazine groups is 1. The van der Waals surface area contributed by atoms with Crippen LogP contribution in [0.4, 0.5) is 0 Å². The van der Waals surface area contributed by atoms with E-state index < -0.39 is 0 Å². The van der Waals surface area contributed by atoms with Crippen molar-refractivity contribution in [2.75, 3.05) is 0 Å². The van der Waals surface area contributed by atoms with E-state index in [2.05, 4.69) is 5.34 Å². The minimum absolute atomic E-state index is 0.154. The van der Waals surface area contributed by atoms with Gasteiger partial charge in [0.25, 0.3) is 0 Å². The zero-order valence-corrected chi connectivity index (χ0v) is 6.68. The molecule has 0 radical (unpaired) electrons. The summed E-state index contributed by atoms with van der Waals surface area (Å²) in [6.07, 6.45) is 1.47. The lowest BCUT2D eigenvalue weighted by Gasteiger charge is -2.05. The molecule has 0 aromatic heterocycles. The minimum Gasteiger partial charge on any atom is -0.304 e. The molecule has 0 fully saturated rings. The predicted molar refractivity (Wildman–Crippen MR) is 43.7 cm³/mol. The molecule has 58 valence electrons. The van der Waals surface area contributed by atoms with Crippen molar-refractivity contribution in [3.63, 3.8) is 0 Å². The highest BCUT2D eigenvalue weighted by atomic mass is 16.1. The molecule has 0 aliphatic rings. The highest BCUT2D eigenvalue weighted by Crippen LogP contribution is 2.04. The highest BCUT2D eigenvalue weighted by molar-refractivity contribution is 6.32. The zero-order valence-electron chi connectivity index (χ0n) is 6.68. The van der Waals surface area contributed by atoms with Gasteiger partial charge in [0, 0.05) is 12.3 Å². The Morgan fingerprint density at radius 3 is 2.80 bits per heavy atom. The van der Waals surface area contributed by atoms with Crippen LogP contribution in [0, 0.1) is 5.92 Å². The first-order valence-electron chi connectivity index (χ1n) is 3.68. The van der Waals surface area contributed by atoms with Crippen molar-refractivity contribution in [3.05, 3.63) is 0 Å². The van der Waals surface area contributed by atoms with E-state index in [4.69, 9.17) is 5.84 Å². The average Bonchev–Trinajstić information content (AvgIpc) is 1.98. The molecule has 0 bridgehead atoms. The number of rotatable bonds is 5. The van der Waals surface area contributed by atoms with Gasteiger partial charge in [0.2, 0.25) is 7.41 Å². The molecule has 0 aromatic rings. The fourth-order valence-corrected chi connectivity index (χ4v) is 0.809. The van der Waals surface area contributed by atoms with Gasteiger partial charge in [-0.3, -0.25) is 10.6 Å². The van der Waals surface area contributed by atoms with Crippen LogP contribution in [0.2, 0.25) is 6.32 Å². The average molecular weight is 142 g/mol. The van der Waals surface area contributed by atoms with Gasteiger partial charge in [-0.2, -0.15) is 0 Å². The van der Waals surface area contributed by atoms with Crippen LogP contribution in [-0.4, -0.2) is 13.2 Å².